The molecule has 1 N–H and O–H groups in total. The van der Waals surface area contributed by atoms with E-state index < -0.39 is 0 Å². The van der Waals surface area contributed by atoms with Crippen LogP contribution in [0, 0.1) is 0 Å². The Morgan fingerprint density at radius 1 is 1.09 bits per heavy atom. The first-order valence-corrected chi connectivity index (χ1v) is 11.9. The van der Waals surface area contributed by atoms with Crippen LogP contribution in [0.2, 0.25) is 0 Å². The van der Waals surface area contributed by atoms with E-state index in [4.69, 9.17) is 9.47 Å². The van der Waals surface area contributed by atoms with Crippen LogP contribution in [0.5, 0.6) is 11.5 Å². The van der Waals surface area contributed by atoms with E-state index in [0.717, 1.165) is 63.2 Å². The SMILES string of the molecule is CCOc1cccc2c1OCCCCCNC(=O)CN(CC(=O)N1CCCN(C)CC1)C2. The quantitative estimate of drug-likeness (QED) is 0.759. The molecular weight excluding hydrogens is 408 g/mol. The molecule has 2 amide bonds. The summed E-state index contributed by atoms with van der Waals surface area (Å²) >= 11 is 0. The molecule has 0 spiro atoms. The van der Waals surface area contributed by atoms with Crippen molar-refractivity contribution in [2.75, 3.05) is 66.1 Å². The Balaban J connectivity index is 1.79. The van der Waals surface area contributed by atoms with Crippen molar-refractivity contribution in [3.8, 4) is 11.5 Å². The second-order valence-electron chi connectivity index (χ2n) is 8.62. The van der Waals surface area contributed by atoms with E-state index in [1.54, 1.807) is 0 Å². The number of para-hydroxylation sites is 1. The molecule has 8 heteroatoms. The first kappa shape index (κ1) is 24.3. The van der Waals surface area contributed by atoms with Gasteiger partial charge in [-0.25, -0.2) is 0 Å². The highest BCUT2D eigenvalue weighted by Crippen LogP contribution is 2.32. The molecule has 0 aromatic heterocycles. The van der Waals surface area contributed by atoms with Gasteiger partial charge in [0.05, 0.1) is 26.3 Å². The normalized spacial score (nSPS) is 19.9. The van der Waals surface area contributed by atoms with Gasteiger partial charge in [-0.05, 0) is 52.3 Å². The van der Waals surface area contributed by atoms with Crippen molar-refractivity contribution in [3.63, 3.8) is 0 Å². The summed E-state index contributed by atoms with van der Waals surface area (Å²) in [6.07, 6.45) is 3.78. The van der Waals surface area contributed by atoms with E-state index in [2.05, 4.69) is 17.3 Å². The van der Waals surface area contributed by atoms with Crippen molar-refractivity contribution < 1.29 is 19.1 Å². The lowest BCUT2D eigenvalue weighted by atomic mass is 10.1. The lowest BCUT2D eigenvalue weighted by Gasteiger charge is -2.27. The first-order chi connectivity index (χ1) is 15.6. The third-order valence-electron chi connectivity index (χ3n) is 5.94. The molecule has 1 aromatic rings. The summed E-state index contributed by atoms with van der Waals surface area (Å²) in [4.78, 5) is 31.8. The molecule has 0 radical (unpaired) electrons. The van der Waals surface area contributed by atoms with E-state index in [-0.39, 0.29) is 24.9 Å². The molecule has 0 aliphatic carbocycles. The number of ether oxygens (including phenoxy) is 2. The van der Waals surface area contributed by atoms with Crippen LogP contribution in [0.3, 0.4) is 0 Å². The van der Waals surface area contributed by atoms with Crippen LogP contribution in [0.1, 0.15) is 38.2 Å². The zero-order chi connectivity index (χ0) is 22.8. The standard InChI is InChI=1S/C24H38N4O4/c1-3-31-21-10-7-9-20-17-27(19-23(30)28-13-8-12-26(2)14-15-28)18-22(29)25-11-5-4-6-16-32-24(20)21/h7,9-10H,3-6,8,11-19H2,1-2H3,(H,25,29). The second-order valence-corrected chi connectivity index (χ2v) is 8.62. The summed E-state index contributed by atoms with van der Waals surface area (Å²) < 4.78 is 12.0. The molecule has 2 heterocycles. The van der Waals surface area contributed by atoms with Crippen LogP contribution in [0.15, 0.2) is 18.2 Å². The summed E-state index contributed by atoms with van der Waals surface area (Å²) in [5.41, 5.74) is 0.936. The molecule has 32 heavy (non-hydrogen) atoms. The van der Waals surface area contributed by atoms with Gasteiger partial charge < -0.3 is 24.6 Å². The number of rotatable bonds is 4. The number of nitrogens with one attached hydrogen (secondary N) is 1. The Kier molecular flexibility index (Phi) is 9.62. The molecule has 1 aromatic carbocycles. The Bertz CT molecular complexity index is 758. The molecular formula is C24H38N4O4. The molecule has 1 saturated heterocycles. The molecule has 0 saturated carbocycles. The molecule has 8 nitrogen and oxygen atoms in total. The maximum absolute atomic E-state index is 13.1. The third-order valence-corrected chi connectivity index (χ3v) is 5.94. The van der Waals surface area contributed by atoms with Crippen LogP contribution in [-0.2, 0) is 16.1 Å². The van der Waals surface area contributed by atoms with Crippen molar-refractivity contribution in [3.05, 3.63) is 23.8 Å². The van der Waals surface area contributed by atoms with Crippen molar-refractivity contribution in [2.24, 2.45) is 0 Å². The zero-order valence-electron chi connectivity index (χ0n) is 19.6. The highest BCUT2D eigenvalue weighted by molar-refractivity contribution is 5.81. The average molecular weight is 447 g/mol. The van der Waals surface area contributed by atoms with Crippen LogP contribution in [0.25, 0.3) is 0 Å². The maximum Gasteiger partial charge on any atom is 0.236 e. The monoisotopic (exact) mass is 446 g/mol. The molecule has 2 aliphatic rings. The Labute approximate surface area is 191 Å². The number of hydrogen-bond donors (Lipinski definition) is 1. The molecule has 2 aliphatic heterocycles. The number of nitrogens with zero attached hydrogens (tertiary/aromatic N) is 3. The first-order valence-electron chi connectivity index (χ1n) is 11.9. The lowest BCUT2D eigenvalue weighted by molar-refractivity contribution is -0.133. The van der Waals surface area contributed by atoms with Gasteiger partial charge in [0.1, 0.15) is 0 Å². The maximum atomic E-state index is 13.1. The van der Waals surface area contributed by atoms with Gasteiger partial charge in [-0.15, -0.1) is 0 Å². The van der Waals surface area contributed by atoms with Crippen molar-refractivity contribution in [1.82, 2.24) is 20.0 Å². The Morgan fingerprint density at radius 3 is 2.81 bits per heavy atom. The van der Waals surface area contributed by atoms with E-state index in [9.17, 15) is 9.59 Å². The second kappa shape index (κ2) is 12.6. The lowest BCUT2D eigenvalue weighted by Crippen LogP contribution is -2.45. The number of benzene rings is 1. The molecule has 0 atom stereocenters. The number of likely N-dealkylation sites (N-methyl/N-ethyl adjacent to an activating group) is 1. The van der Waals surface area contributed by atoms with Gasteiger partial charge in [-0.2, -0.15) is 0 Å². The molecule has 0 bridgehead atoms. The van der Waals surface area contributed by atoms with Gasteiger partial charge in [-0.3, -0.25) is 14.5 Å². The topological polar surface area (TPSA) is 74.3 Å². The van der Waals surface area contributed by atoms with Gasteiger partial charge in [0.15, 0.2) is 11.5 Å². The fourth-order valence-corrected chi connectivity index (χ4v) is 4.18. The number of carbonyl (C=O) groups excluding carboxylic acids is 2. The van der Waals surface area contributed by atoms with E-state index in [1.807, 2.05) is 34.9 Å². The summed E-state index contributed by atoms with van der Waals surface area (Å²) in [5, 5.41) is 3.00. The van der Waals surface area contributed by atoms with Gasteiger partial charge in [0, 0.05) is 38.3 Å². The minimum absolute atomic E-state index is 0.0453. The number of fused-ring (bicyclic) bond motifs is 1. The number of carbonyl (C=O) groups is 2. The summed E-state index contributed by atoms with van der Waals surface area (Å²) in [6, 6.07) is 5.85. The smallest absolute Gasteiger partial charge is 0.236 e. The highest BCUT2D eigenvalue weighted by Gasteiger charge is 2.23. The van der Waals surface area contributed by atoms with E-state index >= 15 is 0 Å². The van der Waals surface area contributed by atoms with E-state index in [0.29, 0.717) is 32.1 Å². The van der Waals surface area contributed by atoms with Crippen LogP contribution < -0.4 is 14.8 Å². The molecule has 0 unspecified atom stereocenters. The van der Waals surface area contributed by atoms with Gasteiger partial charge in [-0.1, -0.05) is 12.1 Å². The zero-order valence-corrected chi connectivity index (χ0v) is 19.6. The fraction of sp³-hybridized carbons (Fsp3) is 0.667. The predicted octanol–water partition coefficient (Wildman–Crippen LogP) is 1.73. The summed E-state index contributed by atoms with van der Waals surface area (Å²) in [7, 11) is 2.09. The Hall–Kier alpha value is -2.32. The van der Waals surface area contributed by atoms with Crippen molar-refractivity contribution in [2.45, 2.75) is 39.2 Å². The number of amides is 2. The van der Waals surface area contributed by atoms with Gasteiger partial charge in [0.2, 0.25) is 11.8 Å². The predicted molar refractivity (Wildman–Crippen MR) is 124 cm³/mol. The fourth-order valence-electron chi connectivity index (χ4n) is 4.18. The van der Waals surface area contributed by atoms with Crippen LogP contribution >= 0.6 is 0 Å². The number of hydrogen-bond acceptors (Lipinski definition) is 6. The highest BCUT2D eigenvalue weighted by atomic mass is 16.5. The molecule has 178 valence electrons. The van der Waals surface area contributed by atoms with Crippen LogP contribution in [-0.4, -0.2) is 92.6 Å². The Morgan fingerprint density at radius 2 is 1.97 bits per heavy atom. The van der Waals surface area contributed by atoms with Crippen LogP contribution in [0.4, 0.5) is 0 Å². The van der Waals surface area contributed by atoms with E-state index in [1.165, 1.54) is 0 Å². The largest absolute Gasteiger partial charge is 0.490 e. The molecule has 3 rings (SSSR count). The molecule has 1 fully saturated rings. The summed E-state index contributed by atoms with van der Waals surface area (Å²) in [5.74, 6) is 1.46. The average Bonchev–Trinajstić information content (AvgIpc) is 2.98. The third kappa shape index (κ3) is 7.38. The van der Waals surface area contributed by atoms with Gasteiger partial charge in [0.25, 0.3) is 0 Å². The van der Waals surface area contributed by atoms with Gasteiger partial charge >= 0.3 is 0 Å². The van der Waals surface area contributed by atoms with Crippen molar-refractivity contribution in [1.29, 1.82) is 0 Å². The minimum Gasteiger partial charge on any atom is -0.490 e. The van der Waals surface area contributed by atoms with Crippen molar-refractivity contribution >= 4 is 11.8 Å². The summed E-state index contributed by atoms with van der Waals surface area (Å²) in [6.45, 7) is 7.95. The minimum atomic E-state index is -0.0453.